The minimum atomic E-state index is -0.464. The van der Waals surface area contributed by atoms with Gasteiger partial charge in [-0.05, 0) is 36.4 Å². The summed E-state index contributed by atoms with van der Waals surface area (Å²) in [6, 6.07) is 18.4. The van der Waals surface area contributed by atoms with Crippen LogP contribution in [0.1, 0.15) is 0 Å². The normalized spacial score (nSPS) is 11.2. The molecule has 5 nitrogen and oxygen atoms in total. The topological polar surface area (TPSA) is 74.1 Å². The molecule has 4 aromatic rings. The summed E-state index contributed by atoms with van der Waals surface area (Å²) in [5.74, 6) is 0. The monoisotopic (exact) mass is 337 g/mol. The van der Waals surface area contributed by atoms with Gasteiger partial charge in [0.1, 0.15) is 5.69 Å². The third kappa shape index (κ3) is 2.10. The van der Waals surface area contributed by atoms with E-state index in [0.29, 0.717) is 5.02 Å². The molecule has 0 fully saturated rings. The average Bonchev–Trinajstić information content (AvgIpc) is 2.87. The van der Waals surface area contributed by atoms with Gasteiger partial charge in [-0.1, -0.05) is 29.8 Å². The Morgan fingerprint density at radius 1 is 0.958 bits per heavy atom. The van der Waals surface area contributed by atoms with Crippen LogP contribution in [0.2, 0.25) is 5.02 Å². The first-order valence-corrected chi connectivity index (χ1v) is 7.67. The number of nitrogens with zero attached hydrogens (tertiary/aromatic N) is 2. The number of hydrogen-bond acceptors (Lipinski definition) is 3. The summed E-state index contributed by atoms with van der Waals surface area (Å²) in [5, 5.41) is 13.6. The van der Waals surface area contributed by atoms with Crippen molar-refractivity contribution in [3.05, 3.63) is 75.8 Å². The van der Waals surface area contributed by atoms with Crippen molar-refractivity contribution in [2.75, 3.05) is 5.73 Å². The molecule has 0 atom stereocenters. The molecular weight excluding hydrogens is 326 g/mol. The van der Waals surface area contributed by atoms with E-state index in [2.05, 4.69) is 0 Å². The molecule has 3 aromatic carbocycles. The Bertz CT molecular complexity index is 1100. The zero-order valence-corrected chi connectivity index (χ0v) is 13.2. The number of aromatic nitrogens is 1. The van der Waals surface area contributed by atoms with Crippen molar-refractivity contribution in [3.63, 3.8) is 0 Å². The number of nitro benzene ring substituents is 1. The summed E-state index contributed by atoms with van der Waals surface area (Å²) in [6.07, 6.45) is 0. The fourth-order valence-electron chi connectivity index (χ4n) is 3.06. The molecule has 0 saturated heterocycles. The van der Waals surface area contributed by atoms with Gasteiger partial charge in [-0.15, -0.1) is 0 Å². The Morgan fingerprint density at radius 3 is 2.38 bits per heavy atom. The number of rotatable bonds is 2. The van der Waals surface area contributed by atoms with E-state index >= 15 is 0 Å². The van der Waals surface area contributed by atoms with Crippen LogP contribution in [0.4, 0.5) is 11.4 Å². The lowest BCUT2D eigenvalue weighted by atomic mass is 10.1. The van der Waals surface area contributed by atoms with E-state index in [-0.39, 0.29) is 11.4 Å². The van der Waals surface area contributed by atoms with Gasteiger partial charge in [-0.3, -0.25) is 10.1 Å². The Balaban J connectivity index is 2.22. The minimum absolute atomic E-state index is 0.103. The maximum atomic E-state index is 11.3. The van der Waals surface area contributed by atoms with Crippen molar-refractivity contribution in [2.45, 2.75) is 0 Å². The van der Waals surface area contributed by atoms with Crippen LogP contribution in [0.25, 0.3) is 27.5 Å². The molecule has 24 heavy (non-hydrogen) atoms. The molecule has 0 unspecified atom stereocenters. The number of hydrogen-bond donors (Lipinski definition) is 1. The largest absolute Gasteiger partial charge is 0.393 e. The van der Waals surface area contributed by atoms with E-state index < -0.39 is 4.92 Å². The maximum Gasteiger partial charge on any atom is 0.294 e. The summed E-state index contributed by atoms with van der Waals surface area (Å²) in [7, 11) is 0. The summed E-state index contributed by atoms with van der Waals surface area (Å²) in [5.41, 5.74) is 8.47. The van der Waals surface area contributed by atoms with Crippen molar-refractivity contribution >= 4 is 44.8 Å². The van der Waals surface area contributed by atoms with Crippen LogP contribution in [0.3, 0.4) is 0 Å². The molecule has 1 heterocycles. The molecule has 0 radical (unpaired) electrons. The summed E-state index contributed by atoms with van der Waals surface area (Å²) < 4.78 is 1.98. The summed E-state index contributed by atoms with van der Waals surface area (Å²) in [4.78, 5) is 10.8. The predicted octanol–water partition coefficient (Wildman–Crippen LogP) is 4.93. The second kappa shape index (κ2) is 5.25. The standard InChI is InChI=1S/C18H12ClN3O2/c19-11-6-7-16-13(8-11)14-9-15(20)18(22(23)24)10-17(14)21(16)12-4-2-1-3-5-12/h1-10H,20H2. The fourth-order valence-corrected chi connectivity index (χ4v) is 3.23. The zero-order chi connectivity index (χ0) is 16.8. The van der Waals surface area contributed by atoms with Gasteiger partial charge in [0.25, 0.3) is 5.69 Å². The number of anilines is 1. The summed E-state index contributed by atoms with van der Waals surface area (Å²) in [6.45, 7) is 0. The first kappa shape index (κ1) is 14.5. The highest BCUT2D eigenvalue weighted by atomic mass is 35.5. The Labute approximate surface area is 142 Å². The van der Waals surface area contributed by atoms with Gasteiger partial charge >= 0.3 is 0 Å². The third-order valence-corrected chi connectivity index (χ3v) is 4.32. The molecule has 0 spiro atoms. The van der Waals surface area contributed by atoms with Crippen LogP contribution >= 0.6 is 11.6 Å². The van der Waals surface area contributed by atoms with Crippen LogP contribution in [-0.2, 0) is 0 Å². The molecule has 1 aromatic heterocycles. The Kier molecular flexibility index (Phi) is 3.18. The molecule has 6 heteroatoms. The Hall–Kier alpha value is -3.05. The average molecular weight is 338 g/mol. The van der Waals surface area contributed by atoms with E-state index in [0.717, 1.165) is 27.5 Å². The highest BCUT2D eigenvalue weighted by molar-refractivity contribution is 6.32. The number of halogens is 1. The minimum Gasteiger partial charge on any atom is -0.393 e. The zero-order valence-electron chi connectivity index (χ0n) is 12.4. The van der Waals surface area contributed by atoms with Gasteiger partial charge in [0.2, 0.25) is 0 Å². The summed E-state index contributed by atoms with van der Waals surface area (Å²) >= 11 is 6.15. The third-order valence-electron chi connectivity index (χ3n) is 4.09. The van der Waals surface area contributed by atoms with Gasteiger partial charge in [-0.25, -0.2) is 0 Å². The number of nitrogen functional groups attached to an aromatic ring is 1. The van der Waals surface area contributed by atoms with Gasteiger partial charge in [0.15, 0.2) is 0 Å². The molecular formula is C18H12ClN3O2. The van der Waals surface area contributed by atoms with Crippen molar-refractivity contribution in [3.8, 4) is 5.69 Å². The van der Waals surface area contributed by atoms with Crippen LogP contribution in [0.5, 0.6) is 0 Å². The number of benzene rings is 3. The van der Waals surface area contributed by atoms with E-state index in [1.807, 2.05) is 47.0 Å². The van der Waals surface area contributed by atoms with Crippen LogP contribution in [-0.4, -0.2) is 9.49 Å². The van der Waals surface area contributed by atoms with Crippen molar-refractivity contribution in [2.24, 2.45) is 0 Å². The van der Waals surface area contributed by atoms with Crippen LogP contribution < -0.4 is 5.73 Å². The van der Waals surface area contributed by atoms with E-state index in [4.69, 9.17) is 17.3 Å². The SMILES string of the molecule is Nc1cc2c3cc(Cl)ccc3n(-c3ccccc3)c2cc1[N+](=O)[O-]. The molecule has 2 N–H and O–H groups in total. The fraction of sp³-hybridized carbons (Fsp3) is 0. The molecule has 0 aliphatic heterocycles. The highest BCUT2D eigenvalue weighted by Gasteiger charge is 2.19. The predicted molar refractivity (Wildman–Crippen MR) is 96.9 cm³/mol. The second-order valence-electron chi connectivity index (χ2n) is 5.52. The molecule has 0 saturated carbocycles. The first-order chi connectivity index (χ1) is 11.6. The number of nitrogens with two attached hydrogens (primary N) is 1. The molecule has 0 bridgehead atoms. The highest BCUT2D eigenvalue weighted by Crippen LogP contribution is 2.37. The number of nitro groups is 1. The Morgan fingerprint density at radius 2 is 1.67 bits per heavy atom. The van der Waals surface area contributed by atoms with E-state index in [1.165, 1.54) is 6.07 Å². The van der Waals surface area contributed by atoms with E-state index in [1.54, 1.807) is 12.1 Å². The van der Waals surface area contributed by atoms with Crippen molar-refractivity contribution in [1.29, 1.82) is 0 Å². The number of para-hydroxylation sites is 1. The second-order valence-corrected chi connectivity index (χ2v) is 5.95. The molecule has 4 rings (SSSR count). The molecule has 0 aliphatic rings. The number of fused-ring (bicyclic) bond motifs is 3. The lowest BCUT2D eigenvalue weighted by Gasteiger charge is -2.07. The van der Waals surface area contributed by atoms with Crippen LogP contribution in [0.15, 0.2) is 60.7 Å². The van der Waals surface area contributed by atoms with Gasteiger partial charge in [0.05, 0.1) is 16.0 Å². The maximum absolute atomic E-state index is 11.3. The smallest absolute Gasteiger partial charge is 0.294 e. The van der Waals surface area contributed by atoms with Gasteiger partial charge in [-0.2, -0.15) is 0 Å². The van der Waals surface area contributed by atoms with E-state index in [9.17, 15) is 10.1 Å². The van der Waals surface area contributed by atoms with Crippen molar-refractivity contribution in [1.82, 2.24) is 4.57 Å². The first-order valence-electron chi connectivity index (χ1n) is 7.29. The van der Waals surface area contributed by atoms with Gasteiger partial charge < -0.3 is 10.3 Å². The lowest BCUT2D eigenvalue weighted by molar-refractivity contribution is -0.383. The molecule has 0 amide bonds. The lowest BCUT2D eigenvalue weighted by Crippen LogP contribution is -1.97. The quantitative estimate of drug-likeness (QED) is 0.320. The van der Waals surface area contributed by atoms with Crippen molar-refractivity contribution < 1.29 is 4.92 Å². The molecule has 0 aliphatic carbocycles. The van der Waals surface area contributed by atoms with Gasteiger partial charge in [0, 0.05) is 27.5 Å². The van der Waals surface area contributed by atoms with Crippen LogP contribution in [0, 0.1) is 10.1 Å². The molecule has 118 valence electrons.